The van der Waals surface area contributed by atoms with E-state index < -0.39 is 0 Å². The van der Waals surface area contributed by atoms with Crippen LogP contribution >= 0.6 is 0 Å². The van der Waals surface area contributed by atoms with E-state index in [0.717, 1.165) is 31.1 Å². The molecule has 2 unspecified atom stereocenters. The van der Waals surface area contributed by atoms with E-state index in [2.05, 4.69) is 28.0 Å². The Hall–Kier alpha value is -1.46. The third-order valence-electron chi connectivity index (χ3n) is 3.77. The molecule has 1 saturated heterocycles. The van der Waals surface area contributed by atoms with Crippen molar-refractivity contribution in [1.29, 1.82) is 0 Å². The lowest BCUT2D eigenvalue weighted by Crippen LogP contribution is -2.27. The molecule has 3 rings (SSSR count). The Balaban J connectivity index is 1.76. The third kappa shape index (κ3) is 2.11. The van der Waals surface area contributed by atoms with Crippen LogP contribution in [0.4, 0.5) is 0 Å². The topological polar surface area (TPSA) is 59.5 Å². The number of imidazole rings is 1. The number of rotatable bonds is 3. The van der Waals surface area contributed by atoms with E-state index in [1.54, 1.807) is 6.20 Å². The molecule has 0 radical (unpaired) electrons. The van der Waals surface area contributed by atoms with Crippen LogP contribution in [-0.4, -0.2) is 38.4 Å². The summed E-state index contributed by atoms with van der Waals surface area (Å²) in [7, 11) is 0. The lowest BCUT2D eigenvalue weighted by molar-refractivity contribution is 0.253. The van der Waals surface area contributed by atoms with Crippen LogP contribution in [0.15, 0.2) is 24.7 Å². The number of nitrogens with zero attached hydrogens (tertiary/aromatic N) is 4. The number of fused-ring (bicyclic) bond motifs is 1. The molecule has 1 aliphatic heterocycles. The zero-order chi connectivity index (χ0) is 12.5. The fraction of sp³-hybridized carbons (Fsp3) is 0.538. The highest BCUT2D eigenvalue weighted by molar-refractivity contribution is 5.29. The maximum absolute atomic E-state index is 5.76. The van der Waals surface area contributed by atoms with Gasteiger partial charge >= 0.3 is 0 Å². The summed E-state index contributed by atoms with van der Waals surface area (Å²) in [6.07, 6.45) is 7.01. The normalized spacial score (nSPS) is 25.0. The average Bonchev–Trinajstić information content (AvgIpc) is 2.93. The molecule has 1 fully saturated rings. The van der Waals surface area contributed by atoms with Gasteiger partial charge in [0.2, 0.25) is 5.78 Å². The van der Waals surface area contributed by atoms with Gasteiger partial charge in [-0.2, -0.15) is 0 Å². The summed E-state index contributed by atoms with van der Waals surface area (Å²) in [5.41, 5.74) is 6.84. The van der Waals surface area contributed by atoms with Crippen LogP contribution in [0.2, 0.25) is 0 Å². The lowest BCUT2D eigenvalue weighted by atomic mass is 10.1. The molecule has 0 saturated carbocycles. The Morgan fingerprint density at radius 3 is 3.11 bits per heavy atom. The van der Waals surface area contributed by atoms with Gasteiger partial charge in [0.25, 0.3) is 0 Å². The molecule has 0 bridgehead atoms. The molecule has 0 aromatic carbocycles. The Morgan fingerprint density at radius 2 is 2.39 bits per heavy atom. The molecule has 96 valence electrons. The fourth-order valence-corrected chi connectivity index (χ4v) is 2.77. The molecule has 0 amide bonds. The zero-order valence-corrected chi connectivity index (χ0v) is 10.7. The SMILES string of the molecule is CC1CC(CN)CN1Cc1cn2cccnc2n1. The zero-order valence-electron chi connectivity index (χ0n) is 10.7. The molecule has 5 nitrogen and oxygen atoms in total. The van der Waals surface area contributed by atoms with Crippen LogP contribution in [0, 0.1) is 5.92 Å². The van der Waals surface area contributed by atoms with Gasteiger partial charge in [-0.25, -0.2) is 9.97 Å². The predicted octanol–water partition coefficient (Wildman–Crippen LogP) is 0.898. The lowest BCUT2D eigenvalue weighted by Gasteiger charge is -2.19. The number of hydrogen-bond donors (Lipinski definition) is 1. The quantitative estimate of drug-likeness (QED) is 0.872. The maximum atomic E-state index is 5.76. The highest BCUT2D eigenvalue weighted by Gasteiger charge is 2.28. The van der Waals surface area contributed by atoms with Gasteiger partial charge in [0, 0.05) is 37.7 Å². The molecule has 2 atom stereocenters. The molecular weight excluding hydrogens is 226 g/mol. The fourth-order valence-electron chi connectivity index (χ4n) is 2.77. The molecule has 0 aliphatic carbocycles. The minimum absolute atomic E-state index is 0.594. The number of aromatic nitrogens is 3. The van der Waals surface area contributed by atoms with E-state index in [-0.39, 0.29) is 0 Å². The minimum Gasteiger partial charge on any atom is -0.330 e. The monoisotopic (exact) mass is 245 g/mol. The molecule has 3 heterocycles. The number of nitrogens with two attached hydrogens (primary N) is 1. The van der Waals surface area contributed by atoms with Crippen molar-refractivity contribution in [3.63, 3.8) is 0 Å². The van der Waals surface area contributed by atoms with E-state index in [1.165, 1.54) is 6.42 Å². The Morgan fingerprint density at radius 1 is 1.50 bits per heavy atom. The van der Waals surface area contributed by atoms with Crippen molar-refractivity contribution >= 4 is 5.78 Å². The smallest absolute Gasteiger partial charge is 0.233 e. The minimum atomic E-state index is 0.594. The average molecular weight is 245 g/mol. The summed E-state index contributed by atoms with van der Waals surface area (Å²) in [4.78, 5) is 11.2. The first-order valence-electron chi connectivity index (χ1n) is 6.49. The van der Waals surface area contributed by atoms with Crippen LogP contribution in [0.1, 0.15) is 19.0 Å². The van der Waals surface area contributed by atoms with Crippen LogP contribution < -0.4 is 5.73 Å². The van der Waals surface area contributed by atoms with Crippen LogP contribution in [0.5, 0.6) is 0 Å². The second kappa shape index (κ2) is 4.66. The van der Waals surface area contributed by atoms with Crippen LogP contribution in [-0.2, 0) is 6.54 Å². The van der Waals surface area contributed by atoms with Crippen molar-refractivity contribution in [3.8, 4) is 0 Å². The number of likely N-dealkylation sites (tertiary alicyclic amines) is 1. The summed E-state index contributed by atoms with van der Waals surface area (Å²) < 4.78 is 1.97. The van der Waals surface area contributed by atoms with Crippen LogP contribution in [0.3, 0.4) is 0 Å². The maximum Gasteiger partial charge on any atom is 0.233 e. The van der Waals surface area contributed by atoms with Crippen molar-refractivity contribution in [2.75, 3.05) is 13.1 Å². The molecule has 0 spiro atoms. The van der Waals surface area contributed by atoms with E-state index in [1.807, 2.05) is 16.7 Å². The first-order valence-corrected chi connectivity index (χ1v) is 6.49. The summed E-state index contributed by atoms with van der Waals surface area (Å²) in [6.45, 7) is 5.03. The Bertz CT molecular complexity index is 502. The standard InChI is InChI=1S/C13H19N5/c1-10-5-11(6-14)7-18(10)9-12-8-17-4-2-3-15-13(17)16-12/h2-4,8,10-11H,5-7,9,14H2,1H3. The third-order valence-corrected chi connectivity index (χ3v) is 3.77. The van der Waals surface area contributed by atoms with Gasteiger partial charge in [0.15, 0.2) is 0 Å². The van der Waals surface area contributed by atoms with Crippen molar-refractivity contribution in [1.82, 2.24) is 19.3 Å². The van der Waals surface area contributed by atoms with Crippen molar-refractivity contribution in [3.05, 3.63) is 30.4 Å². The Kier molecular flexibility index (Phi) is 3.01. The predicted molar refractivity (Wildman–Crippen MR) is 70.0 cm³/mol. The van der Waals surface area contributed by atoms with Gasteiger partial charge in [-0.05, 0) is 31.9 Å². The van der Waals surface area contributed by atoms with Gasteiger partial charge < -0.3 is 5.73 Å². The molecule has 1 aliphatic rings. The number of hydrogen-bond acceptors (Lipinski definition) is 4. The van der Waals surface area contributed by atoms with Gasteiger partial charge in [-0.1, -0.05) is 0 Å². The van der Waals surface area contributed by atoms with E-state index in [9.17, 15) is 0 Å². The highest BCUT2D eigenvalue weighted by atomic mass is 15.2. The summed E-state index contributed by atoms with van der Waals surface area (Å²) >= 11 is 0. The van der Waals surface area contributed by atoms with Crippen LogP contribution in [0.25, 0.3) is 5.78 Å². The van der Waals surface area contributed by atoms with E-state index in [0.29, 0.717) is 12.0 Å². The second-order valence-electron chi connectivity index (χ2n) is 5.18. The van der Waals surface area contributed by atoms with E-state index >= 15 is 0 Å². The Labute approximate surface area is 107 Å². The van der Waals surface area contributed by atoms with Crippen molar-refractivity contribution in [2.24, 2.45) is 11.7 Å². The highest BCUT2D eigenvalue weighted by Crippen LogP contribution is 2.23. The largest absolute Gasteiger partial charge is 0.330 e. The van der Waals surface area contributed by atoms with Gasteiger partial charge in [0.05, 0.1) is 5.69 Å². The van der Waals surface area contributed by atoms with Gasteiger partial charge in [-0.15, -0.1) is 0 Å². The first-order chi connectivity index (χ1) is 8.76. The molecule has 2 aromatic rings. The molecule has 5 heteroatoms. The van der Waals surface area contributed by atoms with Gasteiger partial charge in [0.1, 0.15) is 0 Å². The summed E-state index contributed by atoms with van der Waals surface area (Å²) in [5.74, 6) is 1.41. The molecule has 2 aromatic heterocycles. The summed E-state index contributed by atoms with van der Waals surface area (Å²) in [6, 6.07) is 2.51. The molecule has 18 heavy (non-hydrogen) atoms. The second-order valence-corrected chi connectivity index (χ2v) is 5.18. The summed E-state index contributed by atoms with van der Waals surface area (Å²) in [5, 5.41) is 0. The van der Waals surface area contributed by atoms with Crippen molar-refractivity contribution < 1.29 is 0 Å². The van der Waals surface area contributed by atoms with E-state index in [4.69, 9.17) is 5.73 Å². The first kappa shape index (κ1) is 11.6. The molecule has 2 N–H and O–H groups in total. The van der Waals surface area contributed by atoms with Gasteiger partial charge in [-0.3, -0.25) is 9.30 Å². The van der Waals surface area contributed by atoms with Crippen molar-refractivity contribution in [2.45, 2.75) is 25.9 Å². The molecular formula is C13H19N5.